The van der Waals surface area contributed by atoms with Gasteiger partial charge in [-0.1, -0.05) is 20.3 Å². The predicted octanol–water partition coefficient (Wildman–Crippen LogP) is 2.46. The van der Waals surface area contributed by atoms with E-state index in [4.69, 9.17) is 0 Å². The molecular formula is C14H26N2O3. The van der Waals surface area contributed by atoms with Crippen LogP contribution in [0.15, 0.2) is 0 Å². The van der Waals surface area contributed by atoms with Crippen molar-refractivity contribution in [2.45, 2.75) is 58.9 Å². The Morgan fingerprint density at radius 3 is 2.32 bits per heavy atom. The number of carboxylic acids is 1. The summed E-state index contributed by atoms with van der Waals surface area (Å²) >= 11 is 0. The molecule has 1 saturated heterocycles. The summed E-state index contributed by atoms with van der Waals surface area (Å²) in [7, 11) is 0. The summed E-state index contributed by atoms with van der Waals surface area (Å²) in [5, 5.41) is 12.3. The number of urea groups is 1. The standard InChI is InChI=1S/C14H26N2O3/c1-4-6-11(3)15-13(19)16-9-7-14(5-2,8-10-16)12(17)18/h11H,4-10H2,1-3H3,(H,15,19)(H,17,18). The van der Waals surface area contributed by atoms with E-state index in [0.717, 1.165) is 12.8 Å². The maximum absolute atomic E-state index is 12.0. The Morgan fingerprint density at radius 1 is 1.32 bits per heavy atom. The van der Waals surface area contributed by atoms with Gasteiger partial charge < -0.3 is 15.3 Å². The molecule has 0 spiro atoms. The first-order valence-corrected chi connectivity index (χ1v) is 7.24. The van der Waals surface area contributed by atoms with Gasteiger partial charge in [-0.2, -0.15) is 0 Å². The number of hydrogen-bond acceptors (Lipinski definition) is 2. The summed E-state index contributed by atoms with van der Waals surface area (Å²) in [6.45, 7) is 7.06. The number of carbonyl (C=O) groups excluding carboxylic acids is 1. The Morgan fingerprint density at radius 2 is 1.89 bits per heavy atom. The molecule has 0 bridgehead atoms. The largest absolute Gasteiger partial charge is 0.481 e. The Labute approximate surface area is 115 Å². The van der Waals surface area contributed by atoms with Crippen LogP contribution in [0.3, 0.4) is 0 Å². The molecule has 5 nitrogen and oxygen atoms in total. The van der Waals surface area contributed by atoms with E-state index in [-0.39, 0.29) is 12.1 Å². The number of aliphatic carboxylic acids is 1. The Balaban J connectivity index is 2.49. The van der Waals surface area contributed by atoms with Gasteiger partial charge in [0.05, 0.1) is 5.41 Å². The van der Waals surface area contributed by atoms with Gasteiger partial charge >= 0.3 is 12.0 Å². The summed E-state index contributed by atoms with van der Waals surface area (Å²) < 4.78 is 0. The van der Waals surface area contributed by atoms with Crippen LogP contribution < -0.4 is 5.32 Å². The zero-order chi connectivity index (χ0) is 14.5. The molecule has 1 unspecified atom stereocenters. The predicted molar refractivity (Wildman–Crippen MR) is 74.1 cm³/mol. The van der Waals surface area contributed by atoms with Gasteiger partial charge in [-0.3, -0.25) is 4.79 Å². The molecule has 0 radical (unpaired) electrons. The summed E-state index contributed by atoms with van der Waals surface area (Å²) in [6, 6.07) is 0.117. The molecule has 1 atom stereocenters. The molecule has 1 fully saturated rings. The van der Waals surface area contributed by atoms with Crippen LogP contribution in [0, 0.1) is 5.41 Å². The monoisotopic (exact) mass is 270 g/mol. The van der Waals surface area contributed by atoms with Gasteiger partial charge in [0.2, 0.25) is 0 Å². The average molecular weight is 270 g/mol. The molecule has 2 amide bonds. The van der Waals surface area contributed by atoms with E-state index >= 15 is 0 Å². The van der Waals surface area contributed by atoms with Crippen LogP contribution in [-0.2, 0) is 4.79 Å². The molecule has 1 aliphatic heterocycles. The zero-order valence-corrected chi connectivity index (χ0v) is 12.2. The molecule has 5 heteroatoms. The lowest BCUT2D eigenvalue weighted by molar-refractivity contribution is -0.151. The second kappa shape index (κ2) is 6.78. The fraction of sp³-hybridized carbons (Fsp3) is 0.857. The van der Waals surface area contributed by atoms with Gasteiger partial charge in [-0.15, -0.1) is 0 Å². The van der Waals surface area contributed by atoms with Crippen molar-refractivity contribution in [2.24, 2.45) is 5.41 Å². The summed E-state index contributed by atoms with van der Waals surface area (Å²) in [6.07, 6.45) is 3.74. The number of hydrogen-bond donors (Lipinski definition) is 2. The molecule has 2 N–H and O–H groups in total. The molecule has 110 valence electrons. The number of carbonyl (C=O) groups is 2. The fourth-order valence-corrected chi connectivity index (χ4v) is 2.66. The Bertz CT molecular complexity index is 323. The van der Waals surface area contributed by atoms with Crippen LogP contribution in [0.5, 0.6) is 0 Å². The first kappa shape index (κ1) is 15.8. The van der Waals surface area contributed by atoms with Crippen molar-refractivity contribution in [1.29, 1.82) is 0 Å². The summed E-state index contributed by atoms with van der Waals surface area (Å²) in [5.74, 6) is -0.727. The number of rotatable bonds is 5. The quantitative estimate of drug-likeness (QED) is 0.806. The minimum Gasteiger partial charge on any atom is -0.481 e. The second-order valence-corrected chi connectivity index (χ2v) is 5.57. The lowest BCUT2D eigenvalue weighted by atomic mass is 9.76. The highest BCUT2D eigenvalue weighted by Gasteiger charge is 2.40. The molecule has 1 rings (SSSR count). The molecule has 1 heterocycles. The van der Waals surface area contributed by atoms with Crippen molar-refractivity contribution in [1.82, 2.24) is 10.2 Å². The minimum atomic E-state index is -0.727. The molecule has 0 saturated carbocycles. The van der Waals surface area contributed by atoms with Gasteiger partial charge in [0.15, 0.2) is 0 Å². The molecule has 19 heavy (non-hydrogen) atoms. The Hall–Kier alpha value is -1.26. The SMILES string of the molecule is CCCC(C)NC(=O)N1CCC(CC)(C(=O)O)CC1. The maximum atomic E-state index is 12.0. The number of carboxylic acid groups (broad SMARTS) is 1. The van der Waals surface area contributed by atoms with Gasteiger partial charge in [0, 0.05) is 19.1 Å². The average Bonchev–Trinajstić information content (AvgIpc) is 2.38. The summed E-state index contributed by atoms with van der Waals surface area (Å²) in [5.41, 5.74) is -0.633. The fourth-order valence-electron chi connectivity index (χ4n) is 2.66. The first-order chi connectivity index (χ1) is 8.95. The van der Waals surface area contributed by atoms with E-state index in [0.29, 0.717) is 32.4 Å². The minimum absolute atomic E-state index is 0.0592. The highest BCUT2D eigenvalue weighted by atomic mass is 16.4. The zero-order valence-electron chi connectivity index (χ0n) is 12.2. The van der Waals surface area contributed by atoms with E-state index in [1.165, 1.54) is 0 Å². The number of nitrogens with zero attached hydrogens (tertiary/aromatic N) is 1. The second-order valence-electron chi connectivity index (χ2n) is 5.57. The molecule has 1 aliphatic rings. The number of nitrogens with one attached hydrogen (secondary N) is 1. The third-order valence-electron chi connectivity index (χ3n) is 4.23. The Kier molecular flexibility index (Phi) is 5.63. The summed E-state index contributed by atoms with van der Waals surface area (Å²) in [4.78, 5) is 25.1. The molecule has 0 aromatic carbocycles. The van der Waals surface area contributed by atoms with Crippen LogP contribution >= 0.6 is 0 Å². The van der Waals surface area contributed by atoms with Crippen molar-refractivity contribution in [3.8, 4) is 0 Å². The van der Waals surface area contributed by atoms with Gasteiger partial charge in [0.25, 0.3) is 0 Å². The van der Waals surface area contributed by atoms with E-state index in [9.17, 15) is 14.7 Å². The van der Waals surface area contributed by atoms with Crippen molar-refractivity contribution >= 4 is 12.0 Å². The molecule has 0 aromatic rings. The van der Waals surface area contributed by atoms with Crippen LogP contribution in [0.25, 0.3) is 0 Å². The normalized spacial score (nSPS) is 19.8. The van der Waals surface area contributed by atoms with Crippen LogP contribution in [0.1, 0.15) is 52.9 Å². The smallest absolute Gasteiger partial charge is 0.317 e. The van der Waals surface area contributed by atoms with Crippen LogP contribution in [0.2, 0.25) is 0 Å². The molecular weight excluding hydrogens is 244 g/mol. The van der Waals surface area contributed by atoms with Crippen molar-refractivity contribution in [2.75, 3.05) is 13.1 Å². The van der Waals surface area contributed by atoms with Crippen molar-refractivity contribution < 1.29 is 14.7 Å². The molecule has 0 aliphatic carbocycles. The third-order valence-corrected chi connectivity index (χ3v) is 4.23. The third kappa shape index (κ3) is 3.85. The van der Waals surface area contributed by atoms with Gasteiger partial charge in [-0.25, -0.2) is 4.79 Å². The number of likely N-dealkylation sites (tertiary alicyclic amines) is 1. The van der Waals surface area contributed by atoms with E-state index in [1.807, 2.05) is 13.8 Å². The van der Waals surface area contributed by atoms with E-state index < -0.39 is 11.4 Å². The van der Waals surface area contributed by atoms with Crippen molar-refractivity contribution in [3.05, 3.63) is 0 Å². The molecule has 0 aromatic heterocycles. The highest BCUT2D eigenvalue weighted by molar-refractivity contribution is 5.77. The first-order valence-electron chi connectivity index (χ1n) is 7.24. The lowest BCUT2D eigenvalue weighted by Crippen LogP contribution is -2.51. The van der Waals surface area contributed by atoms with E-state index in [2.05, 4.69) is 12.2 Å². The van der Waals surface area contributed by atoms with Gasteiger partial charge in [-0.05, 0) is 32.6 Å². The maximum Gasteiger partial charge on any atom is 0.317 e. The van der Waals surface area contributed by atoms with Gasteiger partial charge in [0.1, 0.15) is 0 Å². The van der Waals surface area contributed by atoms with Crippen LogP contribution in [-0.4, -0.2) is 41.1 Å². The van der Waals surface area contributed by atoms with Crippen molar-refractivity contribution in [3.63, 3.8) is 0 Å². The topological polar surface area (TPSA) is 69.6 Å². The highest BCUT2D eigenvalue weighted by Crippen LogP contribution is 2.35. The lowest BCUT2D eigenvalue weighted by Gasteiger charge is -2.38. The van der Waals surface area contributed by atoms with Crippen LogP contribution in [0.4, 0.5) is 4.79 Å². The van der Waals surface area contributed by atoms with E-state index in [1.54, 1.807) is 4.90 Å². The number of piperidine rings is 1. The number of amides is 2.